The molecular formula is C18H20BrN3O. The smallest absolute Gasteiger partial charge is 0.274 e. The maximum Gasteiger partial charge on any atom is 0.274 e. The van der Waals surface area contributed by atoms with Crippen molar-refractivity contribution in [1.82, 2.24) is 4.98 Å². The van der Waals surface area contributed by atoms with Crippen LogP contribution in [0.4, 0.5) is 11.4 Å². The summed E-state index contributed by atoms with van der Waals surface area (Å²) in [7, 11) is 0. The summed E-state index contributed by atoms with van der Waals surface area (Å²) in [5.74, 6) is -0.187. The van der Waals surface area contributed by atoms with Gasteiger partial charge in [0.05, 0.1) is 5.69 Å². The summed E-state index contributed by atoms with van der Waals surface area (Å²) in [5.41, 5.74) is 2.28. The minimum Gasteiger partial charge on any atom is -0.371 e. The molecule has 0 spiro atoms. The molecule has 0 unspecified atom stereocenters. The summed E-state index contributed by atoms with van der Waals surface area (Å²) in [4.78, 5) is 19.0. The zero-order valence-corrected chi connectivity index (χ0v) is 14.6. The summed E-state index contributed by atoms with van der Waals surface area (Å²) >= 11 is 3.44. The molecule has 1 fully saturated rings. The van der Waals surface area contributed by atoms with Crippen LogP contribution in [0.3, 0.4) is 0 Å². The van der Waals surface area contributed by atoms with E-state index in [0.29, 0.717) is 5.69 Å². The molecule has 0 saturated carbocycles. The molecule has 1 aromatic heterocycles. The molecule has 0 radical (unpaired) electrons. The van der Waals surface area contributed by atoms with Gasteiger partial charge in [-0.05, 0) is 53.0 Å². The van der Waals surface area contributed by atoms with E-state index < -0.39 is 0 Å². The highest BCUT2D eigenvalue weighted by Gasteiger charge is 2.14. The maximum atomic E-state index is 12.5. The lowest BCUT2D eigenvalue weighted by molar-refractivity contribution is 0.102. The second-order valence-corrected chi connectivity index (χ2v) is 6.59. The van der Waals surface area contributed by atoms with Gasteiger partial charge in [-0.2, -0.15) is 0 Å². The van der Waals surface area contributed by atoms with Gasteiger partial charge in [0.2, 0.25) is 0 Å². The lowest BCUT2D eigenvalue weighted by Gasteiger charge is -2.22. The van der Waals surface area contributed by atoms with Crippen molar-refractivity contribution in [2.75, 3.05) is 23.3 Å². The van der Waals surface area contributed by atoms with E-state index in [0.717, 1.165) is 28.9 Å². The van der Waals surface area contributed by atoms with Gasteiger partial charge in [-0.3, -0.25) is 9.78 Å². The molecule has 3 rings (SSSR count). The number of benzene rings is 1. The number of nitrogens with zero attached hydrogens (tertiary/aromatic N) is 2. The summed E-state index contributed by atoms with van der Waals surface area (Å²) in [6.45, 7) is 2.10. The lowest BCUT2D eigenvalue weighted by atomic mass is 10.2. The Hall–Kier alpha value is -1.88. The van der Waals surface area contributed by atoms with E-state index in [-0.39, 0.29) is 5.91 Å². The van der Waals surface area contributed by atoms with Crippen molar-refractivity contribution >= 4 is 33.2 Å². The molecule has 5 heteroatoms. The summed E-state index contributed by atoms with van der Waals surface area (Å²) in [6, 6.07) is 11.4. The summed E-state index contributed by atoms with van der Waals surface area (Å²) in [5, 5.41) is 2.90. The summed E-state index contributed by atoms with van der Waals surface area (Å²) < 4.78 is 0.858. The van der Waals surface area contributed by atoms with E-state index in [4.69, 9.17) is 0 Å². The molecule has 1 aromatic carbocycles. The standard InChI is InChI=1S/C18H20BrN3O/c19-15-7-3-4-8-16(15)21-18(23)17-13-14(9-10-20-17)22-11-5-1-2-6-12-22/h3-4,7-10,13H,1-2,5-6,11-12H2,(H,21,23). The Morgan fingerprint density at radius 3 is 2.57 bits per heavy atom. The first kappa shape index (κ1) is 16.0. The molecule has 1 saturated heterocycles. The van der Waals surface area contributed by atoms with Crippen molar-refractivity contribution in [3.63, 3.8) is 0 Å². The number of pyridine rings is 1. The van der Waals surface area contributed by atoms with E-state index in [1.807, 2.05) is 36.4 Å². The number of aromatic nitrogens is 1. The molecule has 0 atom stereocenters. The molecule has 1 aliphatic rings. The van der Waals surface area contributed by atoms with Crippen LogP contribution in [0.5, 0.6) is 0 Å². The molecule has 120 valence electrons. The Morgan fingerprint density at radius 2 is 1.83 bits per heavy atom. The zero-order valence-electron chi connectivity index (χ0n) is 13.0. The first-order valence-corrected chi connectivity index (χ1v) is 8.80. The second kappa shape index (κ2) is 7.59. The average molecular weight is 374 g/mol. The fraction of sp³-hybridized carbons (Fsp3) is 0.333. The SMILES string of the molecule is O=C(Nc1ccccc1Br)c1cc(N2CCCCCC2)ccn1. The van der Waals surface area contributed by atoms with E-state index in [1.54, 1.807) is 6.20 Å². The molecule has 1 amide bonds. The number of carbonyl (C=O) groups is 1. The van der Waals surface area contributed by atoms with E-state index in [1.165, 1.54) is 25.7 Å². The molecule has 4 nitrogen and oxygen atoms in total. The van der Waals surface area contributed by atoms with Gasteiger partial charge in [0.1, 0.15) is 5.69 Å². The number of carbonyl (C=O) groups excluding carboxylic acids is 1. The van der Waals surface area contributed by atoms with Gasteiger partial charge in [-0.15, -0.1) is 0 Å². The number of anilines is 2. The minimum atomic E-state index is -0.187. The van der Waals surface area contributed by atoms with Crippen LogP contribution >= 0.6 is 15.9 Å². The predicted molar refractivity (Wildman–Crippen MR) is 97.0 cm³/mol. The second-order valence-electron chi connectivity index (χ2n) is 5.73. The normalized spacial score (nSPS) is 15.1. The van der Waals surface area contributed by atoms with Gasteiger partial charge in [-0.25, -0.2) is 0 Å². The van der Waals surface area contributed by atoms with Crippen molar-refractivity contribution in [1.29, 1.82) is 0 Å². The number of amides is 1. The molecule has 2 heterocycles. The Labute approximate surface area is 145 Å². The van der Waals surface area contributed by atoms with Crippen LogP contribution in [-0.2, 0) is 0 Å². The van der Waals surface area contributed by atoms with Gasteiger partial charge in [0, 0.05) is 29.4 Å². The number of para-hydroxylation sites is 1. The van der Waals surface area contributed by atoms with Crippen LogP contribution in [0.25, 0.3) is 0 Å². The van der Waals surface area contributed by atoms with Crippen LogP contribution in [0, 0.1) is 0 Å². The Balaban J connectivity index is 1.76. The number of rotatable bonds is 3. The van der Waals surface area contributed by atoms with Crippen LogP contribution in [0.1, 0.15) is 36.2 Å². The largest absolute Gasteiger partial charge is 0.371 e. The van der Waals surface area contributed by atoms with Gasteiger partial charge in [0.15, 0.2) is 0 Å². The number of hydrogen-bond acceptors (Lipinski definition) is 3. The third-order valence-corrected chi connectivity index (χ3v) is 4.76. The molecule has 0 aliphatic carbocycles. The third kappa shape index (κ3) is 4.10. The molecule has 0 bridgehead atoms. The van der Waals surface area contributed by atoms with Crippen molar-refractivity contribution < 1.29 is 4.79 Å². The zero-order chi connectivity index (χ0) is 16.1. The van der Waals surface area contributed by atoms with E-state index in [9.17, 15) is 4.79 Å². The fourth-order valence-electron chi connectivity index (χ4n) is 2.82. The van der Waals surface area contributed by atoms with Crippen molar-refractivity contribution in [2.45, 2.75) is 25.7 Å². The Bertz CT molecular complexity index is 681. The Kier molecular flexibility index (Phi) is 5.28. The monoisotopic (exact) mass is 373 g/mol. The third-order valence-electron chi connectivity index (χ3n) is 4.07. The van der Waals surface area contributed by atoms with Gasteiger partial charge < -0.3 is 10.2 Å². The average Bonchev–Trinajstić information content (AvgIpc) is 2.86. The van der Waals surface area contributed by atoms with Crippen LogP contribution in [-0.4, -0.2) is 24.0 Å². The molecule has 23 heavy (non-hydrogen) atoms. The highest BCUT2D eigenvalue weighted by molar-refractivity contribution is 9.10. The van der Waals surface area contributed by atoms with Crippen molar-refractivity contribution in [3.8, 4) is 0 Å². The summed E-state index contributed by atoms with van der Waals surface area (Å²) in [6.07, 6.45) is 6.71. The van der Waals surface area contributed by atoms with Crippen LogP contribution < -0.4 is 10.2 Å². The molecule has 1 N–H and O–H groups in total. The predicted octanol–water partition coefficient (Wildman–Crippen LogP) is 4.48. The Morgan fingerprint density at radius 1 is 1.09 bits per heavy atom. The van der Waals surface area contributed by atoms with Gasteiger partial charge in [0.25, 0.3) is 5.91 Å². The molecular weight excluding hydrogens is 354 g/mol. The minimum absolute atomic E-state index is 0.187. The van der Waals surface area contributed by atoms with Crippen molar-refractivity contribution in [2.24, 2.45) is 0 Å². The highest BCUT2D eigenvalue weighted by atomic mass is 79.9. The van der Waals surface area contributed by atoms with E-state index in [2.05, 4.69) is 31.1 Å². The first-order chi connectivity index (χ1) is 11.2. The molecule has 2 aromatic rings. The quantitative estimate of drug-likeness (QED) is 0.862. The van der Waals surface area contributed by atoms with E-state index >= 15 is 0 Å². The lowest BCUT2D eigenvalue weighted by Crippen LogP contribution is -2.24. The highest BCUT2D eigenvalue weighted by Crippen LogP contribution is 2.23. The van der Waals surface area contributed by atoms with Gasteiger partial charge >= 0.3 is 0 Å². The maximum absolute atomic E-state index is 12.5. The van der Waals surface area contributed by atoms with Gasteiger partial charge in [-0.1, -0.05) is 25.0 Å². The number of nitrogens with one attached hydrogen (secondary N) is 1. The van der Waals surface area contributed by atoms with Crippen molar-refractivity contribution in [3.05, 3.63) is 52.8 Å². The number of hydrogen-bond donors (Lipinski definition) is 1. The molecule has 1 aliphatic heterocycles. The van der Waals surface area contributed by atoms with Crippen LogP contribution in [0.15, 0.2) is 47.1 Å². The van der Waals surface area contributed by atoms with Crippen LogP contribution in [0.2, 0.25) is 0 Å². The number of halogens is 1. The first-order valence-electron chi connectivity index (χ1n) is 8.01. The topological polar surface area (TPSA) is 45.2 Å². The fourth-order valence-corrected chi connectivity index (χ4v) is 3.20.